The first-order valence-corrected chi connectivity index (χ1v) is 10.7. The highest BCUT2D eigenvalue weighted by atomic mass is 19.4. The number of aliphatic imine (C=N–C) groups is 1. The average molecular weight is 500 g/mol. The van der Waals surface area contributed by atoms with E-state index in [-0.39, 0.29) is 17.2 Å². The molecule has 2 N–H and O–H groups in total. The maximum atomic E-state index is 14.7. The number of ether oxygens (including phenoxy) is 1. The summed E-state index contributed by atoms with van der Waals surface area (Å²) >= 11 is 0. The number of amides is 1. The summed E-state index contributed by atoms with van der Waals surface area (Å²) in [5, 5.41) is 5.28. The zero-order chi connectivity index (χ0) is 25.9. The van der Waals surface area contributed by atoms with Gasteiger partial charge in [0.25, 0.3) is 0 Å². The predicted molar refractivity (Wildman–Crippen MR) is 125 cm³/mol. The second-order valence-corrected chi connectivity index (χ2v) is 7.92. The van der Waals surface area contributed by atoms with Gasteiger partial charge in [0.15, 0.2) is 0 Å². The van der Waals surface area contributed by atoms with Crippen molar-refractivity contribution in [1.82, 2.24) is 15.0 Å². The maximum absolute atomic E-state index is 14.7. The van der Waals surface area contributed by atoms with Crippen molar-refractivity contribution >= 4 is 23.8 Å². The lowest BCUT2D eigenvalue weighted by Crippen LogP contribution is -2.17. The SMILES string of the molecule is COc1ncc(NC(=O)Cc2ccc(-c3cnc(NC4=CC(C)C=N4)nc3)cc2F)cc1C(F)(F)F. The van der Waals surface area contributed by atoms with Crippen LogP contribution in [0.5, 0.6) is 5.88 Å². The van der Waals surface area contributed by atoms with Crippen LogP contribution in [0.1, 0.15) is 18.1 Å². The fourth-order valence-corrected chi connectivity index (χ4v) is 3.40. The molecule has 3 aromatic rings. The number of hydrogen-bond donors (Lipinski definition) is 2. The molecule has 1 amide bonds. The number of benzene rings is 1. The molecule has 1 aliphatic heterocycles. The van der Waals surface area contributed by atoms with E-state index in [1.807, 2.05) is 13.0 Å². The van der Waals surface area contributed by atoms with Crippen LogP contribution in [-0.2, 0) is 17.4 Å². The van der Waals surface area contributed by atoms with Crippen LogP contribution in [0.15, 0.2) is 59.7 Å². The Kier molecular flexibility index (Phi) is 6.95. The number of alkyl halides is 3. The maximum Gasteiger partial charge on any atom is 0.421 e. The average Bonchev–Trinajstić information content (AvgIpc) is 3.24. The molecular weight excluding hydrogens is 480 g/mol. The number of hydrogen-bond acceptors (Lipinski definition) is 7. The Hall–Kier alpha value is -4.35. The lowest BCUT2D eigenvalue weighted by Gasteiger charge is -2.13. The van der Waals surface area contributed by atoms with Gasteiger partial charge in [-0.15, -0.1) is 0 Å². The second-order valence-electron chi connectivity index (χ2n) is 7.92. The molecule has 12 heteroatoms. The molecule has 0 fully saturated rings. The summed E-state index contributed by atoms with van der Waals surface area (Å²) < 4.78 is 58.8. The van der Waals surface area contributed by atoms with E-state index in [1.54, 1.807) is 12.3 Å². The van der Waals surface area contributed by atoms with Gasteiger partial charge in [-0.05, 0) is 29.3 Å². The molecule has 8 nitrogen and oxygen atoms in total. The van der Waals surface area contributed by atoms with Gasteiger partial charge in [-0.25, -0.2) is 24.3 Å². The molecule has 3 heterocycles. The summed E-state index contributed by atoms with van der Waals surface area (Å²) in [6.45, 7) is 1.99. The number of aromatic nitrogens is 3. The molecule has 0 spiro atoms. The Morgan fingerprint density at radius 2 is 1.83 bits per heavy atom. The Morgan fingerprint density at radius 3 is 2.44 bits per heavy atom. The number of methoxy groups -OCH3 is 1. The van der Waals surface area contributed by atoms with Crippen LogP contribution in [0, 0.1) is 11.7 Å². The van der Waals surface area contributed by atoms with Crippen molar-refractivity contribution in [2.75, 3.05) is 17.7 Å². The molecule has 36 heavy (non-hydrogen) atoms. The third-order valence-corrected chi connectivity index (χ3v) is 5.13. The molecule has 1 atom stereocenters. The van der Waals surface area contributed by atoms with Crippen molar-refractivity contribution < 1.29 is 27.1 Å². The fraction of sp³-hybridized carbons (Fsp3) is 0.208. The molecule has 0 saturated carbocycles. The first-order chi connectivity index (χ1) is 17.1. The highest BCUT2D eigenvalue weighted by molar-refractivity contribution is 5.92. The zero-order valence-electron chi connectivity index (χ0n) is 19.1. The second kappa shape index (κ2) is 10.1. The van der Waals surface area contributed by atoms with Gasteiger partial charge in [0.05, 0.1) is 25.4 Å². The van der Waals surface area contributed by atoms with Crippen LogP contribution < -0.4 is 15.4 Å². The third-order valence-electron chi connectivity index (χ3n) is 5.13. The quantitative estimate of drug-likeness (QED) is 0.450. The smallest absolute Gasteiger partial charge is 0.421 e. The number of halogens is 4. The van der Waals surface area contributed by atoms with Gasteiger partial charge in [0, 0.05) is 30.1 Å². The molecule has 0 saturated heterocycles. The number of pyridine rings is 1. The summed E-state index contributed by atoms with van der Waals surface area (Å²) in [7, 11) is 1.06. The van der Waals surface area contributed by atoms with Crippen molar-refractivity contribution in [3.05, 3.63) is 71.7 Å². The lowest BCUT2D eigenvalue weighted by molar-refractivity contribution is -0.139. The summed E-state index contributed by atoms with van der Waals surface area (Å²) in [4.78, 5) is 28.5. The minimum absolute atomic E-state index is 0.0631. The molecule has 2 aromatic heterocycles. The minimum Gasteiger partial charge on any atom is -0.481 e. The van der Waals surface area contributed by atoms with E-state index in [0.717, 1.165) is 13.3 Å². The topological polar surface area (TPSA) is 101 Å². The van der Waals surface area contributed by atoms with Gasteiger partial charge < -0.3 is 15.4 Å². The van der Waals surface area contributed by atoms with E-state index in [1.165, 1.54) is 24.5 Å². The van der Waals surface area contributed by atoms with Gasteiger partial charge in [-0.1, -0.05) is 19.1 Å². The highest BCUT2D eigenvalue weighted by Crippen LogP contribution is 2.36. The molecule has 0 radical (unpaired) electrons. The van der Waals surface area contributed by atoms with Crippen LogP contribution in [0.3, 0.4) is 0 Å². The number of nitrogens with one attached hydrogen (secondary N) is 2. The molecular formula is C24H20F4N6O2. The van der Waals surface area contributed by atoms with E-state index < -0.39 is 35.8 Å². The Morgan fingerprint density at radius 1 is 1.08 bits per heavy atom. The van der Waals surface area contributed by atoms with Crippen LogP contribution >= 0.6 is 0 Å². The van der Waals surface area contributed by atoms with E-state index >= 15 is 0 Å². The fourth-order valence-electron chi connectivity index (χ4n) is 3.40. The number of allylic oxidation sites excluding steroid dienone is 1. The summed E-state index contributed by atoms with van der Waals surface area (Å²) in [6.07, 6.45) is 2.66. The molecule has 0 aliphatic carbocycles. The van der Waals surface area contributed by atoms with Gasteiger partial charge in [-0.3, -0.25) is 4.79 Å². The molecule has 1 aliphatic rings. The largest absolute Gasteiger partial charge is 0.481 e. The van der Waals surface area contributed by atoms with Gasteiger partial charge in [0.2, 0.25) is 17.7 Å². The van der Waals surface area contributed by atoms with E-state index in [2.05, 4.69) is 35.3 Å². The van der Waals surface area contributed by atoms with Gasteiger partial charge in [0.1, 0.15) is 17.2 Å². The number of anilines is 2. The van der Waals surface area contributed by atoms with Crippen molar-refractivity contribution in [3.63, 3.8) is 0 Å². The first kappa shape index (κ1) is 24.8. The van der Waals surface area contributed by atoms with Gasteiger partial charge >= 0.3 is 6.18 Å². The first-order valence-electron chi connectivity index (χ1n) is 10.7. The molecule has 1 aromatic carbocycles. The molecule has 186 valence electrons. The summed E-state index contributed by atoms with van der Waals surface area (Å²) in [5.74, 6) is -0.781. The van der Waals surface area contributed by atoms with E-state index in [0.29, 0.717) is 29.0 Å². The van der Waals surface area contributed by atoms with E-state index in [4.69, 9.17) is 0 Å². The number of nitrogens with zero attached hydrogens (tertiary/aromatic N) is 4. The van der Waals surface area contributed by atoms with Crippen molar-refractivity contribution in [3.8, 4) is 17.0 Å². The predicted octanol–water partition coefficient (Wildman–Crippen LogP) is 4.86. The van der Waals surface area contributed by atoms with Crippen LogP contribution in [-0.4, -0.2) is 34.2 Å². The van der Waals surface area contributed by atoms with Crippen molar-refractivity contribution in [2.45, 2.75) is 19.5 Å². The van der Waals surface area contributed by atoms with Crippen LogP contribution in [0.25, 0.3) is 11.1 Å². The van der Waals surface area contributed by atoms with Crippen molar-refractivity contribution in [1.29, 1.82) is 0 Å². The number of rotatable bonds is 7. The Labute approximate surface area is 203 Å². The van der Waals surface area contributed by atoms with Crippen molar-refractivity contribution in [2.24, 2.45) is 10.9 Å². The lowest BCUT2D eigenvalue weighted by atomic mass is 10.0. The Balaban J connectivity index is 1.42. The van der Waals surface area contributed by atoms with Gasteiger partial charge in [-0.2, -0.15) is 13.2 Å². The standard InChI is InChI=1S/C24H20F4N6O2/c1-13-5-20(29-9-13)34-23-31-10-16(11-32-23)14-3-4-15(19(25)6-14)7-21(35)33-17-8-18(24(26,27)28)22(36-2)30-12-17/h3-6,8-13H,7H2,1-2H3,(H,33,35)(H,31,32,34). The van der Waals surface area contributed by atoms with Crippen LogP contribution in [0.2, 0.25) is 0 Å². The molecule has 0 bridgehead atoms. The monoisotopic (exact) mass is 500 g/mol. The molecule has 4 rings (SSSR count). The Bertz CT molecular complexity index is 1340. The molecule has 1 unspecified atom stereocenters. The van der Waals surface area contributed by atoms with Crippen LogP contribution in [0.4, 0.5) is 29.2 Å². The summed E-state index contributed by atoms with van der Waals surface area (Å²) in [5.41, 5.74) is -0.220. The number of carbonyl (C=O) groups is 1. The number of carbonyl (C=O) groups excluding carboxylic acids is 1. The highest BCUT2D eigenvalue weighted by Gasteiger charge is 2.35. The minimum atomic E-state index is -4.72. The zero-order valence-corrected chi connectivity index (χ0v) is 19.1. The van der Waals surface area contributed by atoms with E-state index in [9.17, 15) is 22.4 Å². The summed E-state index contributed by atoms with van der Waals surface area (Å²) in [6, 6.07) is 4.96. The third kappa shape index (κ3) is 5.82. The normalized spacial score (nSPS) is 14.9.